The van der Waals surface area contributed by atoms with Crippen molar-refractivity contribution in [2.24, 2.45) is 11.3 Å². The van der Waals surface area contributed by atoms with Gasteiger partial charge in [0.15, 0.2) is 0 Å². The maximum atomic E-state index is 12.8. The standard InChI is InChI=1S/C19H28N2O2/c1-5-21(14-9-7-6-8-10-14)16(22)13-20(4)17-15-11-12-23-18(15)19(17,2)3/h6-10,15,17-18H,5,11-13H2,1-4H3/t15-,17+,18+/m0/s1. The molecule has 23 heavy (non-hydrogen) atoms. The topological polar surface area (TPSA) is 32.8 Å². The minimum atomic E-state index is 0.125. The number of carbonyl (C=O) groups is 1. The largest absolute Gasteiger partial charge is 0.377 e. The third kappa shape index (κ3) is 2.79. The van der Waals surface area contributed by atoms with E-state index in [9.17, 15) is 4.79 Å². The number of carbonyl (C=O) groups excluding carboxylic acids is 1. The summed E-state index contributed by atoms with van der Waals surface area (Å²) in [6, 6.07) is 10.3. The predicted molar refractivity (Wildman–Crippen MR) is 92.5 cm³/mol. The normalized spacial score (nSPS) is 28.3. The Morgan fingerprint density at radius 3 is 2.65 bits per heavy atom. The molecule has 0 aromatic heterocycles. The lowest BCUT2D eigenvalue weighted by Gasteiger charge is -2.57. The van der Waals surface area contributed by atoms with Gasteiger partial charge in [0.1, 0.15) is 0 Å². The molecule has 1 aliphatic carbocycles. The van der Waals surface area contributed by atoms with Crippen LogP contribution in [0.15, 0.2) is 30.3 Å². The second-order valence-electron chi connectivity index (χ2n) is 7.40. The lowest BCUT2D eigenvalue weighted by Crippen LogP contribution is -2.66. The van der Waals surface area contributed by atoms with Crippen molar-refractivity contribution < 1.29 is 9.53 Å². The molecule has 1 aromatic rings. The van der Waals surface area contributed by atoms with E-state index in [1.54, 1.807) is 0 Å². The Labute approximate surface area is 139 Å². The fraction of sp³-hybridized carbons (Fsp3) is 0.632. The number of rotatable bonds is 5. The van der Waals surface area contributed by atoms with Gasteiger partial charge < -0.3 is 9.64 Å². The lowest BCUT2D eigenvalue weighted by molar-refractivity contribution is -0.153. The Balaban J connectivity index is 1.67. The summed E-state index contributed by atoms with van der Waals surface area (Å²) in [4.78, 5) is 16.9. The van der Waals surface area contributed by atoms with Gasteiger partial charge in [0.05, 0.1) is 12.6 Å². The Bertz CT molecular complexity index is 558. The first-order valence-corrected chi connectivity index (χ1v) is 8.64. The molecular weight excluding hydrogens is 288 g/mol. The Morgan fingerprint density at radius 1 is 1.30 bits per heavy atom. The summed E-state index contributed by atoms with van der Waals surface area (Å²) >= 11 is 0. The van der Waals surface area contributed by atoms with E-state index >= 15 is 0 Å². The highest BCUT2D eigenvalue weighted by atomic mass is 16.5. The minimum absolute atomic E-state index is 0.125. The van der Waals surface area contributed by atoms with Gasteiger partial charge in [-0.25, -0.2) is 0 Å². The summed E-state index contributed by atoms with van der Waals surface area (Å²) < 4.78 is 5.87. The predicted octanol–water partition coefficient (Wildman–Crippen LogP) is 2.78. The van der Waals surface area contributed by atoms with Crippen LogP contribution >= 0.6 is 0 Å². The molecule has 0 radical (unpaired) electrons. The first-order valence-electron chi connectivity index (χ1n) is 8.64. The fourth-order valence-corrected chi connectivity index (χ4v) is 4.70. The molecule has 4 heteroatoms. The zero-order valence-electron chi connectivity index (χ0n) is 14.7. The number of amides is 1. The van der Waals surface area contributed by atoms with Crippen LogP contribution in [0.1, 0.15) is 27.2 Å². The SMILES string of the molecule is CCN(C(=O)CN(C)[C@@H]1[C@@H]2CCO[C@H]2C1(C)C)c1ccccc1. The monoisotopic (exact) mass is 316 g/mol. The van der Waals surface area contributed by atoms with Crippen LogP contribution in [0.4, 0.5) is 5.69 Å². The molecule has 0 spiro atoms. The smallest absolute Gasteiger partial charge is 0.241 e. The highest BCUT2D eigenvalue weighted by molar-refractivity contribution is 5.94. The summed E-state index contributed by atoms with van der Waals surface area (Å²) in [5, 5.41) is 0. The number of likely N-dealkylation sites (N-methyl/N-ethyl adjacent to an activating group) is 2. The number of hydrogen-bond donors (Lipinski definition) is 0. The Hall–Kier alpha value is -1.39. The van der Waals surface area contributed by atoms with Crippen LogP contribution in [-0.2, 0) is 9.53 Å². The molecule has 2 fully saturated rings. The minimum Gasteiger partial charge on any atom is -0.377 e. The summed E-state index contributed by atoms with van der Waals surface area (Å²) in [5.74, 6) is 0.744. The molecule has 1 aromatic carbocycles. The Morgan fingerprint density at radius 2 is 2.00 bits per heavy atom. The average molecular weight is 316 g/mol. The van der Waals surface area contributed by atoms with Gasteiger partial charge >= 0.3 is 0 Å². The fourth-order valence-electron chi connectivity index (χ4n) is 4.70. The number of nitrogens with zero attached hydrogens (tertiary/aromatic N) is 2. The van der Waals surface area contributed by atoms with Gasteiger partial charge in [0.2, 0.25) is 5.91 Å². The molecule has 0 N–H and O–H groups in total. The van der Waals surface area contributed by atoms with Gasteiger partial charge in [-0.1, -0.05) is 32.0 Å². The quantitative estimate of drug-likeness (QED) is 0.837. The van der Waals surface area contributed by atoms with E-state index in [-0.39, 0.29) is 11.3 Å². The molecule has 1 aliphatic heterocycles. The summed E-state index contributed by atoms with van der Waals surface area (Å²) in [6.07, 6.45) is 1.48. The van der Waals surface area contributed by atoms with E-state index in [1.807, 2.05) is 42.2 Å². The lowest BCUT2D eigenvalue weighted by atomic mass is 9.57. The molecule has 3 atom stereocenters. The molecule has 1 amide bonds. The van der Waals surface area contributed by atoms with Crippen molar-refractivity contribution in [1.82, 2.24) is 4.90 Å². The number of ether oxygens (including phenoxy) is 1. The maximum absolute atomic E-state index is 12.8. The molecule has 1 saturated carbocycles. The summed E-state index contributed by atoms with van der Waals surface area (Å²) in [7, 11) is 2.08. The molecule has 0 bridgehead atoms. The van der Waals surface area contributed by atoms with Gasteiger partial charge in [0, 0.05) is 36.2 Å². The van der Waals surface area contributed by atoms with Crippen LogP contribution in [0, 0.1) is 11.3 Å². The zero-order valence-corrected chi connectivity index (χ0v) is 14.7. The van der Waals surface area contributed by atoms with Crippen molar-refractivity contribution in [3.05, 3.63) is 30.3 Å². The van der Waals surface area contributed by atoms with E-state index in [0.29, 0.717) is 31.2 Å². The maximum Gasteiger partial charge on any atom is 0.241 e. The molecule has 0 unspecified atom stereocenters. The van der Waals surface area contributed by atoms with Crippen LogP contribution in [0.25, 0.3) is 0 Å². The van der Waals surface area contributed by atoms with Crippen molar-refractivity contribution in [1.29, 1.82) is 0 Å². The van der Waals surface area contributed by atoms with Crippen LogP contribution in [-0.4, -0.2) is 49.7 Å². The second-order valence-corrected chi connectivity index (χ2v) is 7.40. The number of hydrogen-bond acceptors (Lipinski definition) is 3. The third-order valence-corrected chi connectivity index (χ3v) is 5.58. The highest BCUT2D eigenvalue weighted by Crippen LogP contribution is 2.54. The van der Waals surface area contributed by atoms with Gasteiger partial charge in [-0.05, 0) is 32.5 Å². The number of anilines is 1. The van der Waals surface area contributed by atoms with E-state index in [2.05, 4.69) is 25.8 Å². The van der Waals surface area contributed by atoms with Gasteiger partial charge in [0.25, 0.3) is 0 Å². The van der Waals surface area contributed by atoms with Crippen LogP contribution in [0.3, 0.4) is 0 Å². The van der Waals surface area contributed by atoms with E-state index in [4.69, 9.17) is 4.74 Å². The van der Waals surface area contributed by atoms with Gasteiger partial charge in [-0.15, -0.1) is 0 Å². The van der Waals surface area contributed by atoms with Crippen molar-refractivity contribution >= 4 is 11.6 Å². The first kappa shape index (κ1) is 16.5. The molecular formula is C19H28N2O2. The van der Waals surface area contributed by atoms with E-state index in [1.165, 1.54) is 0 Å². The molecule has 4 nitrogen and oxygen atoms in total. The molecule has 1 heterocycles. The number of para-hydroxylation sites is 1. The van der Waals surface area contributed by atoms with Crippen molar-refractivity contribution in [2.45, 2.75) is 39.3 Å². The van der Waals surface area contributed by atoms with Crippen molar-refractivity contribution in [2.75, 3.05) is 31.6 Å². The summed E-state index contributed by atoms with van der Waals surface area (Å²) in [6.45, 7) is 8.57. The van der Waals surface area contributed by atoms with Crippen LogP contribution in [0.5, 0.6) is 0 Å². The Kier molecular flexibility index (Phi) is 4.47. The number of fused-ring (bicyclic) bond motifs is 1. The third-order valence-electron chi connectivity index (χ3n) is 5.58. The highest BCUT2D eigenvalue weighted by Gasteiger charge is 2.60. The van der Waals surface area contributed by atoms with Crippen LogP contribution in [0.2, 0.25) is 0 Å². The molecule has 1 saturated heterocycles. The molecule has 126 valence electrons. The van der Waals surface area contributed by atoms with Crippen LogP contribution < -0.4 is 4.90 Å². The van der Waals surface area contributed by atoms with Gasteiger partial charge in [-0.2, -0.15) is 0 Å². The van der Waals surface area contributed by atoms with E-state index in [0.717, 1.165) is 18.7 Å². The zero-order chi connectivity index (χ0) is 16.6. The van der Waals surface area contributed by atoms with Crippen molar-refractivity contribution in [3.8, 4) is 0 Å². The first-order chi connectivity index (χ1) is 11.0. The van der Waals surface area contributed by atoms with E-state index < -0.39 is 0 Å². The average Bonchev–Trinajstić information content (AvgIpc) is 2.95. The molecule has 2 aliphatic rings. The molecule has 3 rings (SSSR count). The number of benzene rings is 1. The second kappa shape index (κ2) is 6.25. The summed E-state index contributed by atoms with van der Waals surface area (Å²) in [5.41, 5.74) is 1.10. The van der Waals surface area contributed by atoms with Gasteiger partial charge in [-0.3, -0.25) is 9.69 Å². The van der Waals surface area contributed by atoms with Crippen molar-refractivity contribution in [3.63, 3.8) is 0 Å².